The van der Waals surface area contributed by atoms with E-state index in [4.69, 9.17) is 0 Å². The largest absolute Gasteiger partial charge is 0.352 e. The quantitative estimate of drug-likeness (QED) is 0.629. The fraction of sp³-hybridized carbons (Fsp3) is 0.632. The summed E-state index contributed by atoms with van der Waals surface area (Å²) >= 11 is 3.48. The Kier molecular flexibility index (Phi) is 6.55. The van der Waals surface area contributed by atoms with Gasteiger partial charge in [-0.3, -0.25) is 4.99 Å². The maximum atomic E-state index is 4.49. The predicted octanol–water partition coefficient (Wildman–Crippen LogP) is 3.33. The van der Waals surface area contributed by atoms with Crippen LogP contribution in [-0.4, -0.2) is 55.5 Å². The molecule has 0 saturated carbocycles. The summed E-state index contributed by atoms with van der Waals surface area (Å²) < 4.78 is 1.12. The topological polar surface area (TPSA) is 30.9 Å². The van der Waals surface area contributed by atoms with Crippen molar-refractivity contribution in [3.63, 3.8) is 0 Å². The fourth-order valence-electron chi connectivity index (χ4n) is 3.80. The molecule has 1 unspecified atom stereocenters. The minimum atomic E-state index is 0.786. The standard InChI is InChI=1S/C19H29BrN4/c1-21-19(22-13-16-5-7-18(20)8-6-16)24-12-9-17(15-24)14-23-10-3-2-4-11-23/h5-8,17H,2-4,9-15H2,1H3,(H,21,22). The van der Waals surface area contributed by atoms with E-state index in [-0.39, 0.29) is 0 Å². The van der Waals surface area contributed by atoms with Crippen molar-refractivity contribution in [3.8, 4) is 0 Å². The average Bonchev–Trinajstić information content (AvgIpc) is 3.06. The molecule has 2 fully saturated rings. The van der Waals surface area contributed by atoms with Crippen LogP contribution in [0.1, 0.15) is 31.2 Å². The number of guanidine groups is 1. The molecule has 5 heteroatoms. The lowest BCUT2D eigenvalue weighted by atomic mass is 10.1. The molecule has 132 valence electrons. The number of aliphatic imine (C=N–C) groups is 1. The van der Waals surface area contributed by atoms with Crippen molar-refractivity contribution >= 4 is 21.9 Å². The predicted molar refractivity (Wildman–Crippen MR) is 104 cm³/mol. The first-order valence-electron chi connectivity index (χ1n) is 9.17. The monoisotopic (exact) mass is 392 g/mol. The van der Waals surface area contributed by atoms with E-state index in [1.54, 1.807) is 0 Å². The molecule has 0 bridgehead atoms. The summed E-state index contributed by atoms with van der Waals surface area (Å²) in [6.07, 6.45) is 5.47. The van der Waals surface area contributed by atoms with E-state index >= 15 is 0 Å². The summed E-state index contributed by atoms with van der Waals surface area (Å²) in [5.41, 5.74) is 1.28. The third kappa shape index (κ3) is 4.96. The zero-order valence-corrected chi connectivity index (χ0v) is 16.3. The number of piperidine rings is 1. The highest BCUT2D eigenvalue weighted by Crippen LogP contribution is 2.20. The minimum absolute atomic E-state index is 0.786. The van der Waals surface area contributed by atoms with Crippen LogP contribution in [-0.2, 0) is 6.54 Å². The van der Waals surface area contributed by atoms with Crippen LogP contribution in [0.4, 0.5) is 0 Å². The van der Waals surface area contributed by atoms with Crippen LogP contribution in [0, 0.1) is 5.92 Å². The minimum Gasteiger partial charge on any atom is -0.352 e. The van der Waals surface area contributed by atoms with Gasteiger partial charge in [0.05, 0.1) is 0 Å². The highest BCUT2D eigenvalue weighted by molar-refractivity contribution is 9.10. The summed E-state index contributed by atoms with van der Waals surface area (Å²) in [7, 11) is 1.89. The van der Waals surface area contributed by atoms with Crippen molar-refractivity contribution in [1.29, 1.82) is 0 Å². The van der Waals surface area contributed by atoms with E-state index in [1.165, 1.54) is 50.9 Å². The summed E-state index contributed by atoms with van der Waals surface area (Å²) in [5, 5.41) is 3.52. The van der Waals surface area contributed by atoms with E-state index in [0.29, 0.717) is 0 Å². The molecule has 4 nitrogen and oxygen atoms in total. The number of hydrogen-bond acceptors (Lipinski definition) is 2. The maximum Gasteiger partial charge on any atom is 0.193 e. The van der Waals surface area contributed by atoms with E-state index in [0.717, 1.165) is 36.0 Å². The van der Waals surface area contributed by atoms with Gasteiger partial charge < -0.3 is 15.1 Å². The van der Waals surface area contributed by atoms with Crippen LogP contribution >= 0.6 is 15.9 Å². The van der Waals surface area contributed by atoms with Crippen molar-refractivity contribution in [1.82, 2.24) is 15.1 Å². The highest BCUT2D eigenvalue weighted by atomic mass is 79.9. The molecule has 2 aliphatic heterocycles. The number of benzene rings is 1. The van der Waals surface area contributed by atoms with Gasteiger partial charge in [-0.05, 0) is 56.0 Å². The number of halogens is 1. The van der Waals surface area contributed by atoms with Gasteiger partial charge in [0.15, 0.2) is 5.96 Å². The molecule has 2 heterocycles. The van der Waals surface area contributed by atoms with Crippen molar-refractivity contribution in [2.24, 2.45) is 10.9 Å². The Morgan fingerprint density at radius 3 is 2.62 bits per heavy atom. The Labute approximate surface area is 154 Å². The molecular formula is C19H29BrN4. The Morgan fingerprint density at radius 1 is 1.17 bits per heavy atom. The second-order valence-electron chi connectivity index (χ2n) is 6.99. The van der Waals surface area contributed by atoms with Gasteiger partial charge in [-0.15, -0.1) is 0 Å². The molecule has 0 spiro atoms. The molecule has 3 rings (SSSR count). The van der Waals surface area contributed by atoms with Crippen molar-refractivity contribution in [2.75, 3.05) is 39.8 Å². The normalized spacial score (nSPS) is 22.8. The van der Waals surface area contributed by atoms with E-state index in [2.05, 4.69) is 60.3 Å². The van der Waals surface area contributed by atoms with E-state index in [9.17, 15) is 0 Å². The van der Waals surface area contributed by atoms with E-state index in [1.807, 2.05) is 7.05 Å². The van der Waals surface area contributed by atoms with Gasteiger partial charge in [0.1, 0.15) is 0 Å². The van der Waals surface area contributed by atoms with Gasteiger partial charge in [0.2, 0.25) is 0 Å². The molecule has 0 aliphatic carbocycles. The highest BCUT2D eigenvalue weighted by Gasteiger charge is 2.26. The number of nitrogens with zero attached hydrogens (tertiary/aromatic N) is 3. The van der Waals surface area contributed by atoms with Gasteiger partial charge in [-0.25, -0.2) is 0 Å². The molecular weight excluding hydrogens is 364 g/mol. The van der Waals surface area contributed by atoms with Gasteiger partial charge in [-0.1, -0.05) is 34.5 Å². The van der Waals surface area contributed by atoms with Gasteiger partial charge >= 0.3 is 0 Å². The van der Waals surface area contributed by atoms with Gasteiger partial charge in [0.25, 0.3) is 0 Å². The first kappa shape index (κ1) is 17.7. The van der Waals surface area contributed by atoms with Crippen LogP contribution in [0.15, 0.2) is 33.7 Å². The van der Waals surface area contributed by atoms with Crippen LogP contribution in [0.25, 0.3) is 0 Å². The lowest BCUT2D eigenvalue weighted by molar-refractivity contribution is 0.198. The molecule has 1 N–H and O–H groups in total. The summed E-state index contributed by atoms with van der Waals surface area (Å²) in [6.45, 7) is 6.95. The zero-order valence-electron chi connectivity index (χ0n) is 14.7. The number of hydrogen-bond donors (Lipinski definition) is 1. The second-order valence-corrected chi connectivity index (χ2v) is 7.90. The van der Waals surface area contributed by atoms with Crippen LogP contribution in [0.5, 0.6) is 0 Å². The Morgan fingerprint density at radius 2 is 1.92 bits per heavy atom. The van der Waals surface area contributed by atoms with Crippen LogP contribution < -0.4 is 5.32 Å². The molecule has 0 radical (unpaired) electrons. The molecule has 0 amide bonds. The lowest BCUT2D eigenvalue weighted by Crippen LogP contribution is -2.41. The van der Waals surface area contributed by atoms with E-state index < -0.39 is 0 Å². The summed E-state index contributed by atoms with van der Waals surface area (Å²) in [5.74, 6) is 1.83. The van der Waals surface area contributed by atoms with Gasteiger partial charge in [-0.2, -0.15) is 0 Å². The first-order valence-corrected chi connectivity index (χ1v) is 9.96. The van der Waals surface area contributed by atoms with Crippen LogP contribution in [0.3, 0.4) is 0 Å². The number of nitrogens with one attached hydrogen (secondary N) is 1. The second kappa shape index (κ2) is 8.86. The first-order chi connectivity index (χ1) is 11.7. The molecule has 1 aromatic rings. The Balaban J connectivity index is 1.46. The van der Waals surface area contributed by atoms with Crippen LogP contribution in [0.2, 0.25) is 0 Å². The van der Waals surface area contributed by atoms with Gasteiger partial charge in [0, 0.05) is 37.7 Å². The SMILES string of the molecule is CN=C(NCc1ccc(Br)cc1)N1CCC(CN2CCCCC2)C1. The zero-order chi connectivity index (χ0) is 16.8. The lowest BCUT2D eigenvalue weighted by Gasteiger charge is -2.29. The molecule has 1 aromatic carbocycles. The van der Waals surface area contributed by atoms with Crippen molar-refractivity contribution in [3.05, 3.63) is 34.3 Å². The fourth-order valence-corrected chi connectivity index (χ4v) is 4.06. The molecule has 24 heavy (non-hydrogen) atoms. The molecule has 2 saturated heterocycles. The Bertz CT molecular complexity index is 537. The smallest absolute Gasteiger partial charge is 0.193 e. The molecule has 1 atom stereocenters. The Hall–Kier alpha value is -1.07. The molecule has 2 aliphatic rings. The van der Waals surface area contributed by atoms with Crippen molar-refractivity contribution < 1.29 is 0 Å². The number of rotatable bonds is 4. The summed E-state index contributed by atoms with van der Waals surface area (Å²) in [4.78, 5) is 9.58. The maximum absolute atomic E-state index is 4.49. The van der Waals surface area contributed by atoms with Crippen molar-refractivity contribution in [2.45, 2.75) is 32.2 Å². The average molecular weight is 393 g/mol. The third-order valence-electron chi connectivity index (χ3n) is 5.13. The summed E-state index contributed by atoms with van der Waals surface area (Å²) in [6, 6.07) is 8.47. The molecule has 0 aromatic heterocycles. The third-order valence-corrected chi connectivity index (χ3v) is 5.65. The number of likely N-dealkylation sites (tertiary alicyclic amines) is 2.